The highest BCUT2D eigenvalue weighted by Crippen LogP contribution is 2.49. The van der Waals surface area contributed by atoms with Crippen LogP contribution >= 0.6 is 12.4 Å². The molecule has 1 saturated heterocycles. The highest BCUT2D eigenvalue weighted by molar-refractivity contribution is 5.86. The first-order valence-electron chi connectivity index (χ1n) is 9.68. The molecular weight excluding hydrogens is 344 g/mol. The molecule has 2 aromatic carbocycles. The van der Waals surface area contributed by atoms with Crippen LogP contribution in [0.1, 0.15) is 37.2 Å². The number of amides is 1. The Morgan fingerprint density at radius 3 is 2.58 bits per heavy atom. The smallest absolute Gasteiger partial charge is 0.226 e. The van der Waals surface area contributed by atoms with E-state index in [1.807, 2.05) is 7.05 Å². The van der Waals surface area contributed by atoms with Crippen LogP contribution in [-0.2, 0) is 4.79 Å². The highest BCUT2D eigenvalue weighted by atomic mass is 35.5. The fraction of sp³-hybridized carbons (Fsp3) is 0.500. The zero-order valence-electron chi connectivity index (χ0n) is 15.5. The number of rotatable bonds is 5. The monoisotopic (exact) mass is 372 g/mol. The SMILES string of the molecule is CNCCC1CCN(C(=O)C2CC2c2ccc3ccccc3c2)CC1.Cl. The van der Waals surface area contributed by atoms with Gasteiger partial charge in [0.1, 0.15) is 0 Å². The Bertz CT molecular complexity index is 755. The standard InChI is InChI=1S/C22H28N2O.ClH/c1-23-11-8-16-9-12-24(13-10-16)22(25)21-15-20(21)19-7-6-17-4-2-3-5-18(17)14-19;/h2-7,14,16,20-21,23H,8-13,15H2,1H3;1H. The van der Waals surface area contributed by atoms with Crippen LogP contribution in [-0.4, -0.2) is 37.5 Å². The summed E-state index contributed by atoms with van der Waals surface area (Å²) in [6.07, 6.45) is 4.60. The summed E-state index contributed by atoms with van der Waals surface area (Å²) >= 11 is 0. The fourth-order valence-electron chi connectivity index (χ4n) is 4.30. The van der Waals surface area contributed by atoms with Crippen molar-refractivity contribution in [1.29, 1.82) is 0 Å². The predicted molar refractivity (Wildman–Crippen MR) is 110 cm³/mol. The summed E-state index contributed by atoms with van der Waals surface area (Å²) < 4.78 is 0. The van der Waals surface area contributed by atoms with Gasteiger partial charge in [-0.1, -0.05) is 42.5 Å². The minimum absolute atomic E-state index is 0. The molecular formula is C22H29ClN2O. The number of hydrogen-bond donors (Lipinski definition) is 1. The minimum Gasteiger partial charge on any atom is -0.342 e. The molecule has 0 radical (unpaired) electrons. The first-order valence-corrected chi connectivity index (χ1v) is 9.68. The number of fused-ring (bicyclic) bond motifs is 1. The van der Waals surface area contributed by atoms with Gasteiger partial charge in [0.25, 0.3) is 0 Å². The van der Waals surface area contributed by atoms with Gasteiger partial charge in [-0.25, -0.2) is 0 Å². The van der Waals surface area contributed by atoms with Gasteiger partial charge in [0, 0.05) is 19.0 Å². The van der Waals surface area contributed by atoms with Crippen molar-refractivity contribution in [3.63, 3.8) is 0 Å². The maximum Gasteiger partial charge on any atom is 0.226 e. The Labute approximate surface area is 162 Å². The number of carbonyl (C=O) groups excluding carboxylic acids is 1. The Morgan fingerprint density at radius 2 is 1.85 bits per heavy atom. The van der Waals surface area contributed by atoms with Crippen LogP contribution in [0.3, 0.4) is 0 Å². The van der Waals surface area contributed by atoms with E-state index in [0.717, 1.165) is 32.0 Å². The molecule has 1 heterocycles. The normalized spacial score (nSPS) is 22.9. The van der Waals surface area contributed by atoms with Gasteiger partial charge in [-0.05, 0) is 67.4 Å². The molecule has 1 aliphatic carbocycles. The number of benzene rings is 2. The zero-order chi connectivity index (χ0) is 17.2. The average Bonchev–Trinajstić information content (AvgIpc) is 3.46. The van der Waals surface area contributed by atoms with Gasteiger partial charge in [-0.15, -0.1) is 12.4 Å². The summed E-state index contributed by atoms with van der Waals surface area (Å²) in [5, 5.41) is 5.79. The summed E-state index contributed by atoms with van der Waals surface area (Å²) in [5.41, 5.74) is 1.33. The molecule has 4 rings (SSSR count). The van der Waals surface area contributed by atoms with Crippen LogP contribution in [0.2, 0.25) is 0 Å². The van der Waals surface area contributed by atoms with Crippen molar-refractivity contribution in [3.8, 4) is 0 Å². The Balaban J connectivity index is 0.00000196. The van der Waals surface area contributed by atoms with Gasteiger partial charge in [-0.2, -0.15) is 0 Å². The number of halogens is 1. The third-order valence-electron chi connectivity index (χ3n) is 6.04. The molecule has 0 bridgehead atoms. The van der Waals surface area contributed by atoms with Crippen molar-refractivity contribution in [1.82, 2.24) is 10.2 Å². The number of nitrogens with zero attached hydrogens (tertiary/aromatic N) is 1. The fourth-order valence-corrected chi connectivity index (χ4v) is 4.30. The van der Waals surface area contributed by atoms with Crippen molar-refractivity contribution < 1.29 is 4.79 Å². The van der Waals surface area contributed by atoms with Crippen LogP contribution in [0.15, 0.2) is 42.5 Å². The second kappa shape index (κ2) is 8.41. The summed E-state index contributed by atoms with van der Waals surface area (Å²) in [6.45, 7) is 2.99. The first kappa shape index (κ1) is 19.2. The molecule has 1 aliphatic heterocycles. The van der Waals surface area contributed by atoms with Gasteiger partial charge in [-0.3, -0.25) is 4.79 Å². The highest BCUT2D eigenvalue weighted by Gasteiger charge is 2.46. The zero-order valence-corrected chi connectivity index (χ0v) is 16.3. The lowest BCUT2D eigenvalue weighted by Gasteiger charge is -2.32. The van der Waals surface area contributed by atoms with Gasteiger partial charge < -0.3 is 10.2 Å². The minimum atomic E-state index is 0. The van der Waals surface area contributed by atoms with Crippen molar-refractivity contribution >= 4 is 29.1 Å². The third-order valence-corrected chi connectivity index (χ3v) is 6.04. The number of hydrogen-bond acceptors (Lipinski definition) is 2. The average molecular weight is 373 g/mol. The van der Waals surface area contributed by atoms with Gasteiger partial charge in [0.15, 0.2) is 0 Å². The molecule has 26 heavy (non-hydrogen) atoms. The number of likely N-dealkylation sites (tertiary alicyclic amines) is 1. The summed E-state index contributed by atoms with van der Waals surface area (Å²) in [6, 6.07) is 15.1. The van der Waals surface area contributed by atoms with E-state index in [1.54, 1.807) is 0 Å². The summed E-state index contributed by atoms with van der Waals surface area (Å²) in [7, 11) is 2.01. The van der Waals surface area contributed by atoms with E-state index in [-0.39, 0.29) is 18.3 Å². The molecule has 0 aromatic heterocycles. The second-order valence-electron chi connectivity index (χ2n) is 7.72. The molecule has 2 atom stereocenters. The number of piperidine rings is 1. The van der Waals surface area contributed by atoms with Crippen molar-refractivity contribution in [2.75, 3.05) is 26.7 Å². The van der Waals surface area contributed by atoms with Crippen molar-refractivity contribution in [2.45, 2.75) is 31.6 Å². The lowest BCUT2D eigenvalue weighted by Crippen LogP contribution is -2.40. The van der Waals surface area contributed by atoms with E-state index in [2.05, 4.69) is 52.7 Å². The lowest BCUT2D eigenvalue weighted by atomic mass is 9.93. The Kier molecular flexibility index (Phi) is 6.20. The molecule has 0 spiro atoms. The van der Waals surface area contributed by atoms with Crippen LogP contribution in [0, 0.1) is 11.8 Å². The van der Waals surface area contributed by atoms with E-state index in [1.165, 1.54) is 35.6 Å². The van der Waals surface area contributed by atoms with E-state index in [9.17, 15) is 4.79 Å². The first-order chi connectivity index (χ1) is 12.3. The van der Waals surface area contributed by atoms with Gasteiger partial charge in [0.05, 0.1) is 0 Å². The summed E-state index contributed by atoms with van der Waals surface area (Å²) in [4.78, 5) is 15.0. The molecule has 3 nitrogen and oxygen atoms in total. The van der Waals surface area contributed by atoms with Crippen LogP contribution in [0.4, 0.5) is 0 Å². The predicted octanol–water partition coefficient (Wildman–Crippen LogP) is 4.21. The Morgan fingerprint density at radius 1 is 1.12 bits per heavy atom. The number of carbonyl (C=O) groups is 1. The van der Waals surface area contributed by atoms with Crippen LogP contribution in [0.5, 0.6) is 0 Å². The molecule has 2 fully saturated rings. The van der Waals surface area contributed by atoms with E-state index < -0.39 is 0 Å². The molecule has 1 saturated carbocycles. The molecule has 1 N–H and O–H groups in total. The molecule has 4 heteroatoms. The lowest BCUT2D eigenvalue weighted by molar-refractivity contribution is -0.134. The maximum atomic E-state index is 12.8. The van der Waals surface area contributed by atoms with Gasteiger partial charge in [0.2, 0.25) is 5.91 Å². The molecule has 1 amide bonds. The van der Waals surface area contributed by atoms with E-state index >= 15 is 0 Å². The van der Waals surface area contributed by atoms with Crippen LogP contribution in [0.25, 0.3) is 10.8 Å². The largest absolute Gasteiger partial charge is 0.342 e. The maximum absolute atomic E-state index is 12.8. The van der Waals surface area contributed by atoms with Crippen molar-refractivity contribution in [2.24, 2.45) is 11.8 Å². The van der Waals surface area contributed by atoms with Crippen molar-refractivity contribution in [3.05, 3.63) is 48.0 Å². The summed E-state index contributed by atoms with van der Waals surface area (Å²) in [5.74, 6) is 1.83. The van der Waals surface area contributed by atoms with E-state index in [4.69, 9.17) is 0 Å². The molecule has 2 aliphatic rings. The number of nitrogens with one attached hydrogen (secondary N) is 1. The third kappa shape index (κ3) is 4.05. The van der Waals surface area contributed by atoms with Gasteiger partial charge >= 0.3 is 0 Å². The van der Waals surface area contributed by atoms with E-state index in [0.29, 0.717) is 11.8 Å². The van der Waals surface area contributed by atoms with Crippen LogP contribution < -0.4 is 5.32 Å². The molecule has 140 valence electrons. The quantitative estimate of drug-likeness (QED) is 0.852. The molecule has 2 unspecified atom stereocenters. The molecule has 2 aromatic rings. The topological polar surface area (TPSA) is 32.3 Å². The Hall–Kier alpha value is -1.58. The second-order valence-corrected chi connectivity index (χ2v) is 7.72.